The van der Waals surface area contributed by atoms with Gasteiger partial charge < -0.3 is 10.2 Å². The molecular formula is C11H26N2. The largest absolute Gasteiger partial charge is 0.313 e. The van der Waals surface area contributed by atoms with Crippen molar-refractivity contribution >= 4 is 0 Å². The lowest BCUT2D eigenvalue weighted by Crippen LogP contribution is -2.37. The number of nitrogens with zero attached hydrogens (tertiary/aromatic N) is 1. The highest BCUT2D eigenvalue weighted by Crippen LogP contribution is 1.97. The first kappa shape index (κ1) is 12.9. The number of rotatable bonds is 8. The van der Waals surface area contributed by atoms with Gasteiger partial charge in [-0.1, -0.05) is 26.7 Å². The summed E-state index contributed by atoms with van der Waals surface area (Å²) in [7, 11) is 2.21. The minimum absolute atomic E-state index is 0.622. The SMILES string of the molecule is CCCCCN(C)CC(C)NCC. The van der Waals surface area contributed by atoms with E-state index in [9.17, 15) is 0 Å². The second kappa shape index (κ2) is 8.52. The van der Waals surface area contributed by atoms with Crippen LogP contribution in [0.4, 0.5) is 0 Å². The van der Waals surface area contributed by atoms with Crippen LogP contribution in [0, 0.1) is 0 Å². The van der Waals surface area contributed by atoms with Crippen molar-refractivity contribution < 1.29 is 0 Å². The minimum Gasteiger partial charge on any atom is -0.313 e. The summed E-state index contributed by atoms with van der Waals surface area (Å²) in [5, 5.41) is 3.43. The van der Waals surface area contributed by atoms with E-state index in [2.05, 4.69) is 38.0 Å². The predicted molar refractivity (Wildman–Crippen MR) is 60.2 cm³/mol. The average molecular weight is 186 g/mol. The summed E-state index contributed by atoms with van der Waals surface area (Å²) in [6, 6.07) is 0.622. The fraction of sp³-hybridized carbons (Fsp3) is 1.00. The standard InChI is InChI=1S/C11H26N2/c1-5-7-8-9-13(4)10-11(3)12-6-2/h11-12H,5-10H2,1-4H3. The van der Waals surface area contributed by atoms with E-state index < -0.39 is 0 Å². The molecule has 1 atom stereocenters. The van der Waals surface area contributed by atoms with Gasteiger partial charge in [-0.25, -0.2) is 0 Å². The van der Waals surface area contributed by atoms with Crippen molar-refractivity contribution in [3.63, 3.8) is 0 Å². The van der Waals surface area contributed by atoms with Gasteiger partial charge in [0.15, 0.2) is 0 Å². The van der Waals surface area contributed by atoms with Crippen LogP contribution in [0.5, 0.6) is 0 Å². The molecule has 0 spiro atoms. The van der Waals surface area contributed by atoms with E-state index >= 15 is 0 Å². The van der Waals surface area contributed by atoms with E-state index in [-0.39, 0.29) is 0 Å². The zero-order chi connectivity index (χ0) is 10.1. The van der Waals surface area contributed by atoms with Crippen molar-refractivity contribution in [1.82, 2.24) is 10.2 Å². The molecule has 0 saturated heterocycles. The zero-order valence-corrected chi connectivity index (χ0v) is 9.77. The second-order valence-corrected chi connectivity index (χ2v) is 3.93. The van der Waals surface area contributed by atoms with Crippen LogP contribution in [0.3, 0.4) is 0 Å². The highest BCUT2D eigenvalue weighted by atomic mass is 15.1. The summed E-state index contributed by atoms with van der Waals surface area (Å²) in [4.78, 5) is 2.42. The Kier molecular flexibility index (Phi) is 8.46. The Bertz CT molecular complexity index is 104. The van der Waals surface area contributed by atoms with Gasteiger partial charge in [0.1, 0.15) is 0 Å². The van der Waals surface area contributed by atoms with E-state index in [1.807, 2.05) is 0 Å². The molecule has 0 amide bonds. The van der Waals surface area contributed by atoms with Crippen LogP contribution in [0.15, 0.2) is 0 Å². The molecule has 1 unspecified atom stereocenters. The summed E-state index contributed by atoms with van der Waals surface area (Å²) in [6.45, 7) is 10.1. The van der Waals surface area contributed by atoms with E-state index in [1.165, 1.54) is 25.8 Å². The number of hydrogen-bond acceptors (Lipinski definition) is 2. The molecule has 0 saturated carbocycles. The molecule has 13 heavy (non-hydrogen) atoms. The summed E-state index contributed by atoms with van der Waals surface area (Å²) in [5.74, 6) is 0. The van der Waals surface area contributed by atoms with Gasteiger partial charge in [-0.05, 0) is 33.5 Å². The van der Waals surface area contributed by atoms with Crippen LogP contribution >= 0.6 is 0 Å². The van der Waals surface area contributed by atoms with Gasteiger partial charge in [-0.15, -0.1) is 0 Å². The molecule has 0 aromatic heterocycles. The molecule has 0 rings (SSSR count). The fourth-order valence-corrected chi connectivity index (χ4v) is 1.60. The third kappa shape index (κ3) is 8.26. The van der Waals surface area contributed by atoms with Gasteiger partial charge in [0.2, 0.25) is 0 Å². The lowest BCUT2D eigenvalue weighted by atomic mass is 10.2. The third-order valence-corrected chi connectivity index (χ3v) is 2.28. The monoisotopic (exact) mass is 186 g/mol. The van der Waals surface area contributed by atoms with Crippen LogP contribution < -0.4 is 5.32 Å². The zero-order valence-electron chi connectivity index (χ0n) is 9.77. The average Bonchev–Trinajstić information content (AvgIpc) is 2.05. The van der Waals surface area contributed by atoms with Crippen molar-refractivity contribution in [2.75, 3.05) is 26.7 Å². The topological polar surface area (TPSA) is 15.3 Å². The molecule has 0 radical (unpaired) electrons. The molecule has 0 fully saturated rings. The van der Waals surface area contributed by atoms with Crippen molar-refractivity contribution in [1.29, 1.82) is 0 Å². The number of hydrogen-bond donors (Lipinski definition) is 1. The number of likely N-dealkylation sites (N-methyl/N-ethyl adjacent to an activating group) is 2. The fourth-order valence-electron chi connectivity index (χ4n) is 1.60. The highest BCUT2D eigenvalue weighted by Gasteiger charge is 2.03. The van der Waals surface area contributed by atoms with Crippen LogP contribution in [0.1, 0.15) is 40.0 Å². The summed E-state index contributed by atoms with van der Waals surface area (Å²) in [5.41, 5.74) is 0. The normalized spacial score (nSPS) is 13.6. The van der Waals surface area contributed by atoms with Gasteiger partial charge in [0, 0.05) is 12.6 Å². The first-order valence-electron chi connectivity index (χ1n) is 5.62. The molecule has 0 bridgehead atoms. The molecule has 1 N–H and O–H groups in total. The Balaban J connectivity index is 3.32. The molecule has 2 nitrogen and oxygen atoms in total. The molecule has 0 aromatic carbocycles. The molecule has 0 aliphatic carbocycles. The maximum Gasteiger partial charge on any atom is 0.0166 e. The van der Waals surface area contributed by atoms with Gasteiger partial charge in [0.25, 0.3) is 0 Å². The first-order chi connectivity index (χ1) is 6.20. The van der Waals surface area contributed by atoms with E-state index in [0.717, 1.165) is 13.1 Å². The van der Waals surface area contributed by atoms with Gasteiger partial charge >= 0.3 is 0 Å². The molecular weight excluding hydrogens is 160 g/mol. The predicted octanol–water partition coefficient (Wildman–Crippen LogP) is 2.11. The van der Waals surface area contributed by atoms with Crippen molar-refractivity contribution in [2.45, 2.75) is 46.1 Å². The second-order valence-electron chi connectivity index (χ2n) is 3.93. The van der Waals surface area contributed by atoms with Crippen molar-refractivity contribution in [3.8, 4) is 0 Å². The molecule has 2 heteroatoms. The van der Waals surface area contributed by atoms with E-state index in [0.29, 0.717) is 6.04 Å². The smallest absolute Gasteiger partial charge is 0.0166 e. The maximum atomic E-state index is 3.43. The lowest BCUT2D eigenvalue weighted by molar-refractivity contribution is 0.292. The Labute approximate surface area is 83.7 Å². The summed E-state index contributed by atoms with van der Waals surface area (Å²) in [6.07, 6.45) is 4.02. The Morgan fingerprint density at radius 2 is 1.92 bits per heavy atom. The first-order valence-corrected chi connectivity index (χ1v) is 5.62. The summed E-state index contributed by atoms with van der Waals surface area (Å²) < 4.78 is 0. The Morgan fingerprint density at radius 1 is 1.23 bits per heavy atom. The molecule has 0 aromatic rings. The van der Waals surface area contributed by atoms with Gasteiger partial charge in [-0.2, -0.15) is 0 Å². The summed E-state index contributed by atoms with van der Waals surface area (Å²) >= 11 is 0. The van der Waals surface area contributed by atoms with Crippen molar-refractivity contribution in [2.24, 2.45) is 0 Å². The van der Waals surface area contributed by atoms with E-state index in [4.69, 9.17) is 0 Å². The quantitative estimate of drug-likeness (QED) is 0.584. The third-order valence-electron chi connectivity index (χ3n) is 2.28. The van der Waals surface area contributed by atoms with E-state index in [1.54, 1.807) is 0 Å². The van der Waals surface area contributed by atoms with Crippen LogP contribution in [-0.2, 0) is 0 Å². The Morgan fingerprint density at radius 3 is 2.46 bits per heavy atom. The lowest BCUT2D eigenvalue weighted by Gasteiger charge is -2.21. The molecule has 0 heterocycles. The van der Waals surface area contributed by atoms with Gasteiger partial charge in [-0.3, -0.25) is 0 Å². The van der Waals surface area contributed by atoms with Crippen molar-refractivity contribution in [3.05, 3.63) is 0 Å². The minimum atomic E-state index is 0.622. The van der Waals surface area contributed by atoms with Crippen LogP contribution in [0.25, 0.3) is 0 Å². The van der Waals surface area contributed by atoms with Crippen LogP contribution in [-0.4, -0.2) is 37.6 Å². The highest BCUT2D eigenvalue weighted by molar-refractivity contribution is 4.64. The molecule has 0 aliphatic rings. The molecule has 0 aliphatic heterocycles. The van der Waals surface area contributed by atoms with Gasteiger partial charge in [0.05, 0.1) is 0 Å². The molecule has 80 valence electrons. The van der Waals surface area contributed by atoms with Crippen LogP contribution in [0.2, 0.25) is 0 Å². The Hall–Kier alpha value is -0.0800. The number of unbranched alkanes of at least 4 members (excludes halogenated alkanes) is 2. The number of nitrogens with one attached hydrogen (secondary N) is 1. The maximum absolute atomic E-state index is 3.43.